The molecule has 2 N–H and O–H groups in total. The van der Waals surface area contributed by atoms with Gasteiger partial charge >= 0.3 is 5.97 Å². The Bertz CT molecular complexity index is 377. The van der Waals surface area contributed by atoms with Crippen molar-refractivity contribution in [1.29, 1.82) is 0 Å². The van der Waals surface area contributed by atoms with Gasteiger partial charge in [0.15, 0.2) is 0 Å². The molecule has 0 aliphatic rings. The van der Waals surface area contributed by atoms with Crippen molar-refractivity contribution >= 4 is 11.7 Å². The van der Waals surface area contributed by atoms with Crippen molar-refractivity contribution in [1.82, 2.24) is 4.90 Å². The van der Waals surface area contributed by atoms with Crippen LogP contribution in [0.5, 0.6) is 0 Å². The molecule has 0 amide bonds. The van der Waals surface area contributed by atoms with Crippen molar-refractivity contribution in [3.05, 3.63) is 29.8 Å². The predicted octanol–water partition coefficient (Wildman–Crippen LogP) is 1.65. The molecule has 1 aromatic carbocycles. The van der Waals surface area contributed by atoms with Gasteiger partial charge in [0.1, 0.15) is 0 Å². The predicted molar refractivity (Wildman–Crippen MR) is 68.4 cm³/mol. The fraction of sp³-hybridized carbons (Fsp3) is 0.462. The van der Waals surface area contributed by atoms with E-state index < -0.39 is 0 Å². The molecule has 0 spiro atoms. The molecule has 0 saturated heterocycles. The highest BCUT2D eigenvalue weighted by molar-refractivity contribution is 5.71. The molecule has 94 valence electrons. The maximum atomic E-state index is 11.3. The third kappa shape index (κ3) is 4.44. The number of hydrogen-bond donors (Lipinski definition) is 1. The monoisotopic (exact) mass is 236 g/mol. The minimum Gasteiger partial charge on any atom is -0.468 e. The summed E-state index contributed by atoms with van der Waals surface area (Å²) in [6, 6.07) is 7.97. The number of hydrogen-bond acceptors (Lipinski definition) is 4. The minimum atomic E-state index is -0.220. The molecule has 1 rings (SSSR count). The fourth-order valence-corrected chi connectivity index (χ4v) is 1.58. The fourth-order valence-electron chi connectivity index (χ4n) is 1.58. The first-order valence-corrected chi connectivity index (χ1v) is 5.68. The summed E-state index contributed by atoms with van der Waals surface area (Å²) in [7, 11) is 1.40. The van der Waals surface area contributed by atoms with Gasteiger partial charge in [0.2, 0.25) is 0 Å². The van der Waals surface area contributed by atoms with Crippen molar-refractivity contribution in [3.63, 3.8) is 0 Å². The summed E-state index contributed by atoms with van der Waals surface area (Å²) in [5.74, 6) is -0.220. The van der Waals surface area contributed by atoms with E-state index in [-0.39, 0.29) is 12.0 Å². The largest absolute Gasteiger partial charge is 0.468 e. The summed E-state index contributed by atoms with van der Waals surface area (Å²) >= 11 is 0. The molecular formula is C13H20N2O2. The number of anilines is 1. The molecular weight excluding hydrogens is 216 g/mol. The number of esters is 1. The van der Waals surface area contributed by atoms with Crippen LogP contribution in [0.1, 0.15) is 19.4 Å². The Morgan fingerprint density at radius 2 is 2.18 bits per heavy atom. The number of nitrogens with zero attached hydrogens (tertiary/aromatic N) is 1. The molecule has 17 heavy (non-hydrogen) atoms. The number of carbonyl (C=O) groups is 1. The van der Waals surface area contributed by atoms with Crippen LogP contribution in [0.4, 0.5) is 5.69 Å². The van der Waals surface area contributed by atoms with Crippen molar-refractivity contribution in [2.45, 2.75) is 26.4 Å². The van der Waals surface area contributed by atoms with Crippen LogP contribution in [0.15, 0.2) is 24.3 Å². The number of ether oxygens (including phenoxy) is 1. The van der Waals surface area contributed by atoms with Crippen LogP contribution in [-0.2, 0) is 16.1 Å². The molecule has 1 aromatic rings. The van der Waals surface area contributed by atoms with Crippen LogP contribution < -0.4 is 5.73 Å². The van der Waals surface area contributed by atoms with E-state index in [1.807, 2.05) is 29.2 Å². The number of methoxy groups -OCH3 is 1. The zero-order chi connectivity index (χ0) is 12.8. The van der Waals surface area contributed by atoms with E-state index in [0.717, 1.165) is 11.3 Å². The summed E-state index contributed by atoms with van der Waals surface area (Å²) in [6.07, 6.45) is 0. The van der Waals surface area contributed by atoms with Crippen LogP contribution in [0.2, 0.25) is 0 Å². The quantitative estimate of drug-likeness (QED) is 0.624. The summed E-state index contributed by atoms with van der Waals surface area (Å²) in [6.45, 7) is 5.09. The molecule has 0 aliphatic heterocycles. The maximum absolute atomic E-state index is 11.3. The van der Waals surface area contributed by atoms with Gasteiger partial charge in [-0.15, -0.1) is 0 Å². The van der Waals surface area contributed by atoms with Gasteiger partial charge in [-0.1, -0.05) is 12.1 Å². The average Bonchev–Trinajstić information content (AvgIpc) is 2.27. The second-order valence-electron chi connectivity index (χ2n) is 4.32. The maximum Gasteiger partial charge on any atom is 0.319 e. The molecule has 0 saturated carbocycles. The SMILES string of the molecule is COC(=O)CN(Cc1cccc(N)c1)C(C)C. The Labute approximate surface area is 102 Å². The first-order chi connectivity index (χ1) is 8.02. The summed E-state index contributed by atoms with van der Waals surface area (Å²) in [5.41, 5.74) is 7.57. The smallest absolute Gasteiger partial charge is 0.319 e. The zero-order valence-electron chi connectivity index (χ0n) is 10.6. The lowest BCUT2D eigenvalue weighted by Gasteiger charge is -2.25. The van der Waals surface area contributed by atoms with Gasteiger partial charge in [0, 0.05) is 18.3 Å². The lowest BCUT2D eigenvalue weighted by atomic mass is 10.1. The van der Waals surface area contributed by atoms with Crippen molar-refractivity contribution in [2.24, 2.45) is 0 Å². The molecule has 0 aliphatic carbocycles. The molecule has 0 radical (unpaired) electrons. The van der Waals surface area contributed by atoms with Gasteiger partial charge < -0.3 is 10.5 Å². The lowest BCUT2D eigenvalue weighted by Crippen LogP contribution is -2.35. The molecule has 0 aromatic heterocycles. The summed E-state index contributed by atoms with van der Waals surface area (Å²) < 4.78 is 4.69. The molecule has 4 nitrogen and oxygen atoms in total. The van der Waals surface area contributed by atoms with E-state index in [4.69, 9.17) is 5.73 Å². The number of nitrogens with two attached hydrogens (primary N) is 1. The van der Waals surface area contributed by atoms with E-state index in [1.165, 1.54) is 7.11 Å². The molecule has 0 unspecified atom stereocenters. The van der Waals surface area contributed by atoms with Crippen molar-refractivity contribution in [2.75, 3.05) is 19.4 Å². The average molecular weight is 236 g/mol. The highest BCUT2D eigenvalue weighted by atomic mass is 16.5. The Balaban J connectivity index is 2.70. The number of rotatable bonds is 5. The number of benzene rings is 1. The second-order valence-corrected chi connectivity index (χ2v) is 4.32. The summed E-state index contributed by atoms with van der Waals surface area (Å²) in [5, 5.41) is 0. The van der Waals surface area contributed by atoms with Gasteiger partial charge in [-0.3, -0.25) is 9.69 Å². The third-order valence-corrected chi connectivity index (χ3v) is 2.63. The van der Waals surface area contributed by atoms with Crippen LogP contribution in [0.25, 0.3) is 0 Å². The molecule has 0 atom stereocenters. The molecule has 4 heteroatoms. The van der Waals surface area contributed by atoms with E-state index in [2.05, 4.69) is 18.6 Å². The standard InChI is InChI=1S/C13H20N2O2/c1-10(2)15(9-13(16)17-3)8-11-5-4-6-12(14)7-11/h4-7,10H,8-9,14H2,1-3H3. The van der Waals surface area contributed by atoms with Crippen LogP contribution in [0.3, 0.4) is 0 Å². The van der Waals surface area contributed by atoms with Gasteiger partial charge in [-0.2, -0.15) is 0 Å². The van der Waals surface area contributed by atoms with Gasteiger partial charge in [0.25, 0.3) is 0 Å². The Morgan fingerprint density at radius 1 is 1.47 bits per heavy atom. The third-order valence-electron chi connectivity index (χ3n) is 2.63. The zero-order valence-corrected chi connectivity index (χ0v) is 10.6. The highest BCUT2D eigenvalue weighted by Gasteiger charge is 2.14. The molecule has 0 fully saturated rings. The molecule has 0 bridgehead atoms. The van der Waals surface area contributed by atoms with E-state index in [9.17, 15) is 4.79 Å². The van der Waals surface area contributed by atoms with E-state index >= 15 is 0 Å². The topological polar surface area (TPSA) is 55.6 Å². The minimum absolute atomic E-state index is 0.220. The second kappa shape index (κ2) is 6.25. The number of carbonyl (C=O) groups excluding carboxylic acids is 1. The van der Waals surface area contributed by atoms with Gasteiger partial charge in [-0.05, 0) is 31.5 Å². The first-order valence-electron chi connectivity index (χ1n) is 5.68. The van der Waals surface area contributed by atoms with Crippen LogP contribution in [0, 0.1) is 0 Å². The van der Waals surface area contributed by atoms with Gasteiger partial charge in [0.05, 0.1) is 13.7 Å². The Kier molecular flexibility index (Phi) is 4.97. The van der Waals surface area contributed by atoms with Crippen LogP contribution >= 0.6 is 0 Å². The Hall–Kier alpha value is -1.55. The van der Waals surface area contributed by atoms with Crippen molar-refractivity contribution < 1.29 is 9.53 Å². The van der Waals surface area contributed by atoms with E-state index in [1.54, 1.807) is 0 Å². The first kappa shape index (κ1) is 13.5. The van der Waals surface area contributed by atoms with Crippen molar-refractivity contribution in [3.8, 4) is 0 Å². The highest BCUT2D eigenvalue weighted by Crippen LogP contribution is 2.11. The van der Waals surface area contributed by atoms with E-state index in [0.29, 0.717) is 13.1 Å². The summed E-state index contributed by atoms with van der Waals surface area (Å²) in [4.78, 5) is 13.3. The lowest BCUT2D eigenvalue weighted by molar-refractivity contribution is -0.142. The Morgan fingerprint density at radius 3 is 2.71 bits per heavy atom. The van der Waals surface area contributed by atoms with Gasteiger partial charge in [-0.25, -0.2) is 0 Å². The number of nitrogen functional groups attached to an aromatic ring is 1. The molecule has 0 heterocycles. The van der Waals surface area contributed by atoms with Crippen LogP contribution in [-0.4, -0.2) is 30.6 Å². The normalized spacial score (nSPS) is 10.9.